The molecule has 1 unspecified atom stereocenters. The smallest absolute Gasteiger partial charge is 0.182 e. The summed E-state index contributed by atoms with van der Waals surface area (Å²) < 4.78 is 24.2. The SMILES string of the molecule is CN1c2ccccc2S(=O)(=O)CC1CCC#N. The lowest BCUT2D eigenvalue weighted by molar-refractivity contribution is 0.560. The first-order valence-electron chi connectivity index (χ1n) is 5.48. The average Bonchev–Trinajstić information content (AvgIpc) is 2.32. The molecular formula is C12H14N2O2S. The van der Waals surface area contributed by atoms with Crippen LogP contribution in [-0.2, 0) is 9.84 Å². The average molecular weight is 250 g/mol. The van der Waals surface area contributed by atoms with Crippen molar-refractivity contribution in [3.63, 3.8) is 0 Å². The van der Waals surface area contributed by atoms with Crippen LogP contribution in [0.3, 0.4) is 0 Å². The van der Waals surface area contributed by atoms with Gasteiger partial charge in [0.15, 0.2) is 9.84 Å². The van der Waals surface area contributed by atoms with E-state index in [1.165, 1.54) is 0 Å². The maximum Gasteiger partial charge on any atom is 0.182 e. The van der Waals surface area contributed by atoms with E-state index in [1.54, 1.807) is 12.1 Å². The summed E-state index contributed by atoms with van der Waals surface area (Å²) >= 11 is 0. The van der Waals surface area contributed by atoms with Gasteiger partial charge in [-0.15, -0.1) is 0 Å². The van der Waals surface area contributed by atoms with Gasteiger partial charge in [0, 0.05) is 19.5 Å². The zero-order valence-electron chi connectivity index (χ0n) is 9.63. The molecule has 0 saturated carbocycles. The van der Waals surface area contributed by atoms with Gasteiger partial charge in [-0.05, 0) is 18.6 Å². The molecule has 0 saturated heterocycles. The fourth-order valence-corrected chi connectivity index (χ4v) is 4.06. The number of hydrogen-bond acceptors (Lipinski definition) is 4. The predicted octanol–water partition coefficient (Wildman–Crippen LogP) is 1.58. The highest BCUT2D eigenvalue weighted by Crippen LogP contribution is 2.33. The Balaban J connectivity index is 2.41. The first-order chi connectivity index (χ1) is 8.06. The van der Waals surface area contributed by atoms with Crippen LogP contribution in [0.15, 0.2) is 29.2 Å². The molecular weight excluding hydrogens is 236 g/mol. The highest BCUT2D eigenvalue weighted by molar-refractivity contribution is 7.91. The molecule has 1 aliphatic heterocycles. The highest BCUT2D eigenvalue weighted by Gasteiger charge is 2.32. The van der Waals surface area contributed by atoms with Gasteiger partial charge >= 0.3 is 0 Å². The number of nitrogens with zero attached hydrogens (tertiary/aromatic N) is 2. The number of para-hydroxylation sites is 1. The molecule has 0 aliphatic carbocycles. The van der Waals surface area contributed by atoms with Crippen LogP contribution in [0.25, 0.3) is 0 Å². The van der Waals surface area contributed by atoms with E-state index in [0.717, 1.165) is 5.69 Å². The number of rotatable bonds is 2. The van der Waals surface area contributed by atoms with E-state index in [0.29, 0.717) is 17.7 Å². The van der Waals surface area contributed by atoms with Gasteiger partial charge in [0.25, 0.3) is 0 Å². The van der Waals surface area contributed by atoms with Gasteiger partial charge < -0.3 is 4.90 Å². The van der Waals surface area contributed by atoms with Crippen LogP contribution in [0.5, 0.6) is 0 Å². The molecule has 1 aromatic carbocycles. The third-order valence-corrected chi connectivity index (χ3v) is 4.97. The first kappa shape index (κ1) is 11.9. The monoisotopic (exact) mass is 250 g/mol. The fourth-order valence-electron chi connectivity index (χ4n) is 2.17. The number of fused-ring (bicyclic) bond motifs is 1. The van der Waals surface area contributed by atoms with E-state index in [1.807, 2.05) is 24.1 Å². The Morgan fingerprint density at radius 3 is 2.88 bits per heavy atom. The Labute approximate surface area is 101 Å². The summed E-state index contributed by atoms with van der Waals surface area (Å²) in [5, 5.41) is 8.59. The molecule has 0 aromatic heterocycles. The molecule has 1 heterocycles. The molecule has 0 amide bonds. The minimum absolute atomic E-state index is 0.0994. The molecule has 4 nitrogen and oxygen atoms in total. The highest BCUT2D eigenvalue weighted by atomic mass is 32.2. The molecule has 5 heteroatoms. The lowest BCUT2D eigenvalue weighted by atomic mass is 10.1. The summed E-state index contributed by atoms with van der Waals surface area (Å²) in [5.74, 6) is 0.0994. The van der Waals surface area contributed by atoms with Gasteiger partial charge in [0.2, 0.25) is 0 Å². The number of sulfone groups is 1. The Kier molecular flexibility index (Phi) is 3.07. The van der Waals surface area contributed by atoms with E-state index in [9.17, 15) is 8.42 Å². The van der Waals surface area contributed by atoms with Crippen LogP contribution in [0.2, 0.25) is 0 Å². The van der Waals surface area contributed by atoms with Crippen molar-refractivity contribution in [3.8, 4) is 6.07 Å². The van der Waals surface area contributed by atoms with Gasteiger partial charge in [0.1, 0.15) is 0 Å². The molecule has 0 N–H and O–H groups in total. The Hall–Kier alpha value is -1.54. The van der Waals surface area contributed by atoms with E-state index in [-0.39, 0.29) is 11.8 Å². The van der Waals surface area contributed by atoms with Crippen LogP contribution in [0.4, 0.5) is 5.69 Å². The fraction of sp³-hybridized carbons (Fsp3) is 0.417. The minimum Gasteiger partial charge on any atom is -0.369 e. The van der Waals surface area contributed by atoms with Crippen molar-refractivity contribution in [1.29, 1.82) is 5.26 Å². The Bertz CT molecular complexity index is 560. The summed E-state index contributed by atoms with van der Waals surface area (Å²) in [5.41, 5.74) is 0.738. The third-order valence-electron chi connectivity index (χ3n) is 3.13. The van der Waals surface area contributed by atoms with Gasteiger partial charge in [-0.25, -0.2) is 8.42 Å². The van der Waals surface area contributed by atoms with Crippen molar-refractivity contribution in [1.82, 2.24) is 0 Å². The van der Waals surface area contributed by atoms with Gasteiger partial charge in [0.05, 0.1) is 22.4 Å². The van der Waals surface area contributed by atoms with Crippen molar-refractivity contribution >= 4 is 15.5 Å². The number of anilines is 1. The van der Waals surface area contributed by atoms with Gasteiger partial charge in [-0.1, -0.05) is 12.1 Å². The molecule has 2 rings (SSSR count). The van der Waals surface area contributed by atoms with E-state index >= 15 is 0 Å². The van der Waals surface area contributed by atoms with Crippen molar-refractivity contribution in [2.75, 3.05) is 17.7 Å². The largest absolute Gasteiger partial charge is 0.369 e. The van der Waals surface area contributed by atoms with Gasteiger partial charge in [-0.2, -0.15) is 5.26 Å². The molecule has 0 bridgehead atoms. The number of nitriles is 1. The van der Waals surface area contributed by atoms with Gasteiger partial charge in [-0.3, -0.25) is 0 Å². The van der Waals surface area contributed by atoms with Crippen LogP contribution in [0, 0.1) is 11.3 Å². The minimum atomic E-state index is -3.21. The Morgan fingerprint density at radius 2 is 2.18 bits per heavy atom. The zero-order chi connectivity index (χ0) is 12.5. The third kappa shape index (κ3) is 2.13. The van der Waals surface area contributed by atoms with Crippen molar-refractivity contribution < 1.29 is 8.42 Å². The lowest BCUT2D eigenvalue weighted by Crippen LogP contribution is -2.42. The topological polar surface area (TPSA) is 61.2 Å². The van der Waals surface area contributed by atoms with Crippen LogP contribution in [0.1, 0.15) is 12.8 Å². The quantitative estimate of drug-likeness (QED) is 0.799. The molecule has 90 valence electrons. The van der Waals surface area contributed by atoms with Crippen LogP contribution < -0.4 is 4.90 Å². The summed E-state index contributed by atoms with van der Waals surface area (Å²) in [6.45, 7) is 0. The molecule has 0 radical (unpaired) electrons. The number of benzene rings is 1. The molecule has 17 heavy (non-hydrogen) atoms. The van der Waals surface area contributed by atoms with Crippen molar-refractivity contribution in [2.45, 2.75) is 23.8 Å². The first-order valence-corrected chi connectivity index (χ1v) is 7.13. The summed E-state index contributed by atoms with van der Waals surface area (Å²) in [6.07, 6.45) is 0.966. The lowest BCUT2D eigenvalue weighted by Gasteiger charge is -2.35. The summed E-state index contributed by atoms with van der Waals surface area (Å²) in [7, 11) is -1.32. The summed E-state index contributed by atoms with van der Waals surface area (Å²) in [6, 6.07) is 8.98. The van der Waals surface area contributed by atoms with Crippen molar-refractivity contribution in [2.24, 2.45) is 0 Å². The Morgan fingerprint density at radius 1 is 1.47 bits per heavy atom. The van der Waals surface area contributed by atoms with E-state index in [4.69, 9.17) is 5.26 Å². The second-order valence-electron chi connectivity index (χ2n) is 4.21. The molecule has 1 aliphatic rings. The van der Waals surface area contributed by atoms with E-state index < -0.39 is 9.84 Å². The number of hydrogen-bond donors (Lipinski definition) is 0. The normalized spacial score (nSPS) is 21.6. The van der Waals surface area contributed by atoms with Crippen LogP contribution in [-0.4, -0.2) is 27.3 Å². The predicted molar refractivity (Wildman–Crippen MR) is 65.5 cm³/mol. The molecule has 1 atom stereocenters. The maximum absolute atomic E-state index is 12.1. The molecule has 0 spiro atoms. The standard InChI is InChI=1S/C12H14N2O2S/c1-14-10(5-4-8-13)9-17(15,16)12-7-3-2-6-11(12)14/h2-3,6-7,10H,4-5,9H2,1H3. The van der Waals surface area contributed by atoms with Crippen LogP contribution >= 0.6 is 0 Å². The van der Waals surface area contributed by atoms with E-state index in [2.05, 4.69) is 6.07 Å². The molecule has 0 fully saturated rings. The zero-order valence-corrected chi connectivity index (χ0v) is 10.4. The second-order valence-corrected chi connectivity index (χ2v) is 6.21. The van der Waals surface area contributed by atoms with Crippen molar-refractivity contribution in [3.05, 3.63) is 24.3 Å². The summed E-state index contributed by atoms with van der Waals surface area (Å²) in [4.78, 5) is 2.36. The molecule has 1 aromatic rings. The maximum atomic E-state index is 12.1. The second kappa shape index (κ2) is 4.38.